The van der Waals surface area contributed by atoms with Crippen LogP contribution in [-0.4, -0.2) is 37.2 Å². The van der Waals surface area contributed by atoms with E-state index in [1.54, 1.807) is 18.9 Å². The Morgan fingerprint density at radius 2 is 2.21 bits per heavy atom. The van der Waals surface area contributed by atoms with Gasteiger partial charge in [0, 0.05) is 12.6 Å². The van der Waals surface area contributed by atoms with Gasteiger partial charge in [0.2, 0.25) is 5.89 Å². The smallest absolute Gasteiger partial charge is 0.227 e. The summed E-state index contributed by atoms with van der Waals surface area (Å²) in [5.74, 6) is 0.572. The van der Waals surface area contributed by atoms with Crippen LogP contribution in [0, 0.1) is 0 Å². The van der Waals surface area contributed by atoms with E-state index in [0.29, 0.717) is 17.0 Å². The minimum Gasteiger partial charge on any atom is -0.444 e. The van der Waals surface area contributed by atoms with E-state index in [1.807, 2.05) is 28.9 Å². The fourth-order valence-corrected chi connectivity index (χ4v) is 3.42. The summed E-state index contributed by atoms with van der Waals surface area (Å²) in [4.78, 5) is 11.0. The average molecular weight is 344 g/mol. The molecule has 7 heteroatoms. The Hall–Kier alpha value is -2.18. The van der Waals surface area contributed by atoms with Gasteiger partial charge >= 0.3 is 0 Å². The first-order valence-electron chi connectivity index (χ1n) is 8.05. The van der Waals surface area contributed by atoms with Gasteiger partial charge in [-0.3, -0.25) is 9.58 Å². The summed E-state index contributed by atoms with van der Waals surface area (Å²) in [5, 5.41) is 4.85. The SMILES string of the molecule is Clc1ccccc1-c1nc(CN2CCCC2Cn2cncn2)co1. The van der Waals surface area contributed by atoms with Gasteiger partial charge in [-0.05, 0) is 31.5 Å². The van der Waals surface area contributed by atoms with Crippen molar-refractivity contribution in [2.45, 2.75) is 32.0 Å². The van der Waals surface area contributed by atoms with Crippen molar-refractivity contribution in [1.29, 1.82) is 0 Å². The lowest BCUT2D eigenvalue weighted by Crippen LogP contribution is -2.32. The summed E-state index contributed by atoms with van der Waals surface area (Å²) in [6.45, 7) is 2.69. The zero-order chi connectivity index (χ0) is 16.4. The largest absolute Gasteiger partial charge is 0.444 e. The topological polar surface area (TPSA) is 60.0 Å². The second kappa shape index (κ2) is 6.75. The molecule has 2 aromatic heterocycles. The molecule has 3 aromatic rings. The van der Waals surface area contributed by atoms with Gasteiger partial charge in [-0.1, -0.05) is 23.7 Å². The highest BCUT2D eigenvalue weighted by Crippen LogP contribution is 2.28. The maximum Gasteiger partial charge on any atom is 0.227 e. The normalized spacial score (nSPS) is 18.3. The summed E-state index contributed by atoms with van der Waals surface area (Å²) >= 11 is 6.21. The Labute approximate surface area is 145 Å². The number of benzene rings is 1. The highest BCUT2D eigenvalue weighted by molar-refractivity contribution is 6.33. The van der Waals surface area contributed by atoms with Gasteiger partial charge in [0.1, 0.15) is 18.9 Å². The van der Waals surface area contributed by atoms with E-state index in [0.717, 1.165) is 37.3 Å². The number of hydrogen-bond donors (Lipinski definition) is 0. The highest BCUT2D eigenvalue weighted by atomic mass is 35.5. The van der Waals surface area contributed by atoms with Crippen LogP contribution in [0.25, 0.3) is 11.5 Å². The van der Waals surface area contributed by atoms with Crippen LogP contribution in [0.15, 0.2) is 47.6 Å². The van der Waals surface area contributed by atoms with Gasteiger partial charge in [0.25, 0.3) is 0 Å². The van der Waals surface area contributed by atoms with Gasteiger partial charge in [0.05, 0.1) is 22.8 Å². The lowest BCUT2D eigenvalue weighted by molar-refractivity contribution is 0.216. The molecule has 0 saturated carbocycles. The Bertz CT molecular complexity index is 801. The molecule has 6 nitrogen and oxygen atoms in total. The van der Waals surface area contributed by atoms with Crippen LogP contribution in [0.3, 0.4) is 0 Å². The lowest BCUT2D eigenvalue weighted by atomic mass is 10.2. The van der Waals surface area contributed by atoms with E-state index in [9.17, 15) is 0 Å². The second-order valence-corrected chi connectivity index (χ2v) is 6.42. The monoisotopic (exact) mass is 343 g/mol. The molecule has 1 atom stereocenters. The highest BCUT2D eigenvalue weighted by Gasteiger charge is 2.26. The predicted octanol–water partition coefficient (Wildman–Crippen LogP) is 3.25. The number of nitrogens with zero attached hydrogens (tertiary/aromatic N) is 5. The fourth-order valence-electron chi connectivity index (χ4n) is 3.20. The Morgan fingerprint density at radius 1 is 1.29 bits per heavy atom. The molecular formula is C17H18ClN5O. The van der Waals surface area contributed by atoms with Crippen molar-refractivity contribution in [2.75, 3.05) is 6.54 Å². The van der Waals surface area contributed by atoms with Gasteiger partial charge in [0.15, 0.2) is 0 Å². The average Bonchev–Trinajstić information content (AvgIpc) is 3.32. The zero-order valence-electron chi connectivity index (χ0n) is 13.2. The van der Waals surface area contributed by atoms with E-state index in [1.165, 1.54) is 6.42 Å². The van der Waals surface area contributed by atoms with Crippen LogP contribution < -0.4 is 0 Å². The summed E-state index contributed by atoms with van der Waals surface area (Å²) in [6.07, 6.45) is 7.42. The summed E-state index contributed by atoms with van der Waals surface area (Å²) in [5.41, 5.74) is 1.75. The summed E-state index contributed by atoms with van der Waals surface area (Å²) in [7, 11) is 0. The molecular weight excluding hydrogens is 326 g/mol. The second-order valence-electron chi connectivity index (χ2n) is 6.01. The maximum absolute atomic E-state index is 6.21. The number of halogens is 1. The van der Waals surface area contributed by atoms with E-state index in [4.69, 9.17) is 16.0 Å². The number of likely N-dealkylation sites (tertiary alicyclic amines) is 1. The van der Waals surface area contributed by atoms with Gasteiger partial charge < -0.3 is 4.42 Å². The van der Waals surface area contributed by atoms with E-state index < -0.39 is 0 Å². The van der Waals surface area contributed by atoms with Crippen LogP contribution in [-0.2, 0) is 13.1 Å². The molecule has 1 fully saturated rings. The molecule has 1 aliphatic heterocycles. The van der Waals surface area contributed by atoms with Gasteiger partial charge in [-0.15, -0.1) is 0 Å². The minimum atomic E-state index is 0.451. The third-order valence-corrected chi connectivity index (χ3v) is 4.71. The van der Waals surface area contributed by atoms with Crippen LogP contribution in [0.5, 0.6) is 0 Å². The van der Waals surface area contributed by atoms with E-state index in [-0.39, 0.29) is 0 Å². The molecule has 0 radical (unpaired) electrons. The third kappa shape index (κ3) is 3.20. The molecule has 0 amide bonds. The van der Waals surface area contributed by atoms with Crippen molar-refractivity contribution in [3.8, 4) is 11.5 Å². The molecule has 4 rings (SSSR count). The van der Waals surface area contributed by atoms with Crippen LogP contribution in [0.4, 0.5) is 0 Å². The van der Waals surface area contributed by atoms with Crippen molar-refractivity contribution in [3.63, 3.8) is 0 Å². The first-order valence-corrected chi connectivity index (χ1v) is 8.43. The predicted molar refractivity (Wildman–Crippen MR) is 90.4 cm³/mol. The Morgan fingerprint density at radius 3 is 3.04 bits per heavy atom. The van der Waals surface area contributed by atoms with Gasteiger partial charge in [-0.2, -0.15) is 5.10 Å². The molecule has 3 heterocycles. The van der Waals surface area contributed by atoms with E-state index >= 15 is 0 Å². The molecule has 0 aliphatic carbocycles. The number of hydrogen-bond acceptors (Lipinski definition) is 5. The number of rotatable bonds is 5. The molecule has 0 spiro atoms. The fraction of sp³-hybridized carbons (Fsp3) is 0.353. The molecule has 124 valence electrons. The maximum atomic E-state index is 6.21. The third-order valence-electron chi connectivity index (χ3n) is 4.38. The van der Waals surface area contributed by atoms with Crippen molar-refractivity contribution >= 4 is 11.6 Å². The summed E-state index contributed by atoms with van der Waals surface area (Å²) < 4.78 is 7.52. The molecule has 1 aromatic carbocycles. The van der Waals surface area contributed by atoms with Crippen LogP contribution >= 0.6 is 11.6 Å². The lowest BCUT2D eigenvalue weighted by Gasteiger charge is -2.23. The molecule has 24 heavy (non-hydrogen) atoms. The molecule has 1 saturated heterocycles. The Kier molecular flexibility index (Phi) is 4.32. The molecule has 0 N–H and O–H groups in total. The molecule has 0 bridgehead atoms. The number of aromatic nitrogens is 4. The first kappa shape index (κ1) is 15.4. The Balaban J connectivity index is 1.46. The van der Waals surface area contributed by atoms with Crippen molar-refractivity contribution in [1.82, 2.24) is 24.6 Å². The molecule has 1 aliphatic rings. The number of oxazole rings is 1. The van der Waals surface area contributed by atoms with Crippen LogP contribution in [0.1, 0.15) is 18.5 Å². The standard InChI is InChI=1S/C17H18ClN5O/c18-16-6-2-1-5-15(16)17-21-13(10-24-17)8-22-7-3-4-14(22)9-23-12-19-11-20-23/h1-2,5-6,10-12,14H,3-4,7-9H2. The minimum absolute atomic E-state index is 0.451. The van der Waals surface area contributed by atoms with Crippen molar-refractivity contribution in [2.24, 2.45) is 0 Å². The van der Waals surface area contributed by atoms with Crippen LogP contribution in [0.2, 0.25) is 5.02 Å². The van der Waals surface area contributed by atoms with Crippen molar-refractivity contribution < 1.29 is 4.42 Å². The quantitative estimate of drug-likeness (QED) is 0.711. The van der Waals surface area contributed by atoms with E-state index in [2.05, 4.69) is 20.0 Å². The first-order chi connectivity index (χ1) is 11.8. The molecule has 1 unspecified atom stereocenters. The zero-order valence-corrected chi connectivity index (χ0v) is 13.9. The van der Waals surface area contributed by atoms with Crippen molar-refractivity contribution in [3.05, 3.63) is 53.9 Å². The van der Waals surface area contributed by atoms with Gasteiger partial charge in [-0.25, -0.2) is 9.97 Å². The summed E-state index contributed by atoms with van der Waals surface area (Å²) in [6, 6.07) is 8.04.